The summed E-state index contributed by atoms with van der Waals surface area (Å²) in [7, 11) is 4.83. The van der Waals surface area contributed by atoms with Gasteiger partial charge < -0.3 is 45.4 Å². The average Bonchev–Trinajstić information content (AvgIpc) is 3.39. The van der Waals surface area contributed by atoms with Crippen LogP contribution >= 0.6 is 21.6 Å². The number of aryl methyl sites for hydroxylation is 1. The van der Waals surface area contributed by atoms with Crippen LogP contribution in [0.25, 0.3) is 21.9 Å². The molecule has 0 radical (unpaired) electrons. The van der Waals surface area contributed by atoms with Gasteiger partial charge >= 0.3 is 0 Å². The first kappa shape index (κ1) is 47.6. The molecule has 2 aliphatic heterocycles. The lowest BCUT2D eigenvalue weighted by Crippen LogP contribution is -2.42. The molecule has 0 spiro atoms. The monoisotopic (exact) mass is 928 g/mol. The van der Waals surface area contributed by atoms with Crippen molar-refractivity contribution in [2.24, 2.45) is 11.8 Å². The van der Waals surface area contributed by atoms with Gasteiger partial charge in [0.15, 0.2) is 11.5 Å². The molecule has 14 heteroatoms. The van der Waals surface area contributed by atoms with E-state index in [1.54, 1.807) is 39.8 Å². The second kappa shape index (κ2) is 21.4. The first-order chi connectivity index (χ1) is 31.5. The molecule has 0 saturated carbocycles. The van der Waals surface area contributed by atoms with Crippen LogP contribution < -0.4 is 15.4 Å². The lowest BCUT2D eigenvalue weighted by molar-refractivity contribution is -0.128. The summed E-state index contributed by atoms with van der Waals surface area (Å²) in [5, 5.41) is 74.4. The number of carbonyl (C=O) groups excluding carboxylic acids is 2. The van der Waals surface area contributed by atoms with Crippen molar-refractivity contribution in [1.82, 2.24) is 5.32 Å². The average molecular weight is 929 g/mol. The van der Waals surface area contributed by atoms with Gasteiger partial charge in [-0.05, 0) is 157 Å². The largest absolute Gasteiger partial charge is 0.508 e. The predicted molar refractivity (Wildman–Crippen MR) is 257 cm³/mol. The van der Waals surface area contributed by atoms with Crippen molar-refractivity contribution < 1.29 is 49.7 Å². The molecular weight excluding hydrogens is 865 g/mol. The number of nitrogens with one attached hydrogen (secondary N) is 2. The van der Waals surface area contributed by atoms with E-state index in [2.05, 4.69) is 16.7 Å². The number of hydrogen-bond acceptors (Lipinski definition) is 14. The number of aromatic hydroxyl groups is 2. The number of aliphatic hydroxyl groups excluding tert-OH is 4. The summed E-state index contributed by atoms with van der Waals surface area (Å²) in [5.41, 5.74) is 7.71. The van der Waals surface area contributed by atoms with Crippen molar-refractivity contribution in [2.45, 2.75) is 126 Å². The fraction of sp³-hybridized carbons (Fsp3) is 0.529. The molecule has 2 aliphatic carbocycles. The molecule has 8 N–H and O–H groups in total. The number of anilines is 1. The normalized spacial score (nSPS) is 26.1. The number of ether oxygens (including phenoxy) is 2. The maximum absolute atomic E-state index is 14.6. The molecule has 350 valence electrons. The Labute approximate surface area is 389 Å². The van der Waals surface area contributed by atoms with Crippen molar-refractivity contribution in [3.05, 3.63) is 81.9 Å². The fourth-order valence-corrected chi connectivity index (χ4v) is 14.0. The lowest BCUT2D eigenvalue weighted by atomic mass is 9.69. The summed E-state index contributed by atoms with van der Waals surface area (Å²) in [6.07, 6.45) is 4.47. The van der Waals surface area contributed by atoms with Gasteiger partial charge in [0.25, 0.3) is 0 Å². The lowest BCUT2D eigenvalue weighted by Gasteiger charge is -2.42. The van der Waals surface area contributed by atoms with Gasteiger partial charge in [-0.1, -0.05) is 45.9 Å². The van der Waals surface area contributed by atoms with Gasteiger partial charge in [-0.15, -0.1) is 0 Å². The number of aliphatic hydroxyl groups is 4. The van der Waals surface area contributed by atoms with Crippen molar-refractivity contribution in [1.29, 1.82) is 0 Å². The molecule has 0 amide bonds. The molecule has 12 nitrogen and oxygen atoms in total. The quantitative estimate of drug-likeness (QED) is 0.0671. The second-order valence-corrected chi connectivity index (χ2v) is 21.1. The molecular formula is C51H64N2O10S2. The maximum Gasteiger partial charge on any atom is 0.168 e. The molecule has 8 rings (SSSR count). The summed E-state index contributed by atoms with van der Waals surface area (Å²) in [4.78, 5) is 26.9. The fourth-order valence-electron chi connectivity index (χ4n) is 11.1. The Balaban J connectivity index is 1.27. The minimum atomic E-state index is -0.738. The topological polar surface area (TPSA) is 198 Å². The number of ketones is 2. The van der Waals surface area contributed by atoms with E-state index < -0.39 is 18.4 Å². The highest BCUT2D eigenvalue weighted by Crippen LogP contribution is 2.54. The Kier molecular flexibility index (Phi) is 15.7. The zero-order chi connectivity index (χ0) is 45.8. The number of carbonyl (C=O) groups is 2. The van der Waals surface area contributed by atoms with Gasteiger partial charge in [-0.3, -0.25) is 14.9 Å². The number of hydrogen-bond donors (Lipinski definition) is 8. The summed E-state index contributed by atoms with van der Waals surface area (Å²) in [5.74, 6) is 0.570. The van der Waals surface area contributed by atoms with Crippen LogP contribution in [0.1, 0.15) is 122 Å². The standard InChI is InChI=1S/C51H64N2O10S2/c1-28(57)24-52-49-33(26-56)21-42-47-38(32(25-55)8-15-40(47)49)16-11-34(4-3-19-54)53-51(42)63-44-23-36(59)13-6-30-9-17-43(61)50(62-2)46(30)39-14-7-29-5-12-35(58)22-41(29)48(39)45-18-10-31(44)20-37(60)27-64-65-45/h5,7,9,12,14,17,21-22,31-32,34,37-38,44-45,51-56,58,60-61H,3-4,6,8,10-11,13,15-16,18-20,23-27H2,1-2H3. The number of methoxy groups -OCH3 is 1. The maximum atomic E-state index is 14.6. The van der Waals surface area contributed by atoms with E-state index in [9.17, 15) is 40.2 Å². The van der Waals surface area contributed by atoms with Crippen molar-refractivity contribution in [2.75, 3.05) is 37.9 Å². The molecule has 8 unspecified atom stereocenters. The molecule has 2 heterocycles. The van der Waals surface area contributed by atoms with Gasteiger partial charge in [0, 0.05) is 59.9 Å². The Morgan fingerprint density at radius 3 is 2.55 bits per heavy atom. The Hall–Kier alpha value is -3.86. The van der Waals surface area contributed by atoms with Gasteiger partial charge in [0.2, 0.25) is 0 Å². The van der Waals surface area contributed by atoms with Crippen LogP contribution in [0.4, 0.5) is 5.69 Å². The molecule has 4 aromatic rings. The summed E-state index contributed by atoms with van der Waals surface area (Å²) in [6.45, 7) is 1.42. The smallest absolute Gasteiger partial charge is 0.168 e. The first-order valence-corrected chi connectivity index (χ1v) is 25.7. The molecule has 4 aromatic carbocycles. The molecule has 4 aliphatic rings. The Bertz CT molecular complexity index is 2360. The van der Waals surface area contributed by atoms with E-state index in [1.807, 2.05) is 24.3 Å². The summed E-state index contributed by atoms with van der Waals surface area (Å²) >= 11 is 0. The minimum absolute atomic E-state index is 0.00619. The van der Waals surface area contributed by atoms with Crippen molar-refractivity contribution >= 4 is 49.6 Å². The molecule has 65 heavy (non-hydrogen) atoms. The summed E-state index contributed by atoms with van der Waals surface area (Å²) < 4.78 is 13.4. The van der Waals surface area contributed by atoms with E-state index in [4.69, 9.17) is 9.47 Å². The van der Waals surface area contributed by atoms with Crippen LogP contribution in [-0.4, -0.2) is 93.1 Å². The molecule has 8 atom stereocenters. The van der Waals surface area contributed by atoms with Gasteiger partial charge in [-0.25, -0.2) is 0 Å². The van der Waals surface area contributed by atoms with E-state index in [0.29, 0.717) is 67.6 Å². The third kappa shape index (κ3) is 10.4. The van der Waals surface area contributed by atoms with Gasteiger partial charge in [-0.2, -0.15) is 0 Å². The SMILES string of the molecule is COc1c(O)ccc2c1-c1ccc3ccc(O)cc3c1C1CCC(CC(O)CSS1)C(OC1NC(CCCO)CCC3c4c1cc(CO)c(NCC(C)=O)c4CCC3CO)CC(=O)CC2. The zero-order valence-corrected chi connectivity index (χ0v) is 39.0. The Morgan fingerprint density at radius 2 is 1.78 bits per heavy atom. The molecule has 1 fully saturated rings. The highest BCUT2D eigenvalue weighted by Gasteiger charge is 2.41. The highest BCUT2D eigenvalue weighted by molar-refractivity contribution is 8.76. The first-order valence-electron chi connectivity index (χ1n) is 23.3. The van der Waals surface area contributed by atoms with Gasteiger partial charge in [0.1, 0.15) is 23.5 Å². The number of fused-ring (bicyclic) bond motifs is 9. The predicted octanol–water partition coefficient (Wildman–Crippen LogP) is 8.16. The highest BCUT2D eigenvalue weighted by atomic mass is 33.1. The van der Waals surface area contributed by atoms with Crippen LogP contribution in [-0.2, 0) is 33.8 Å². The Morgan fingerprint density at radius 1 is 0.954 bits per heavy atom. The second-order valence-electron chi connectivity index (χ2n) is 18.5. The van der Waals surface area contributed by atoms with E-state index in [0.717, 1.165) is 69.1 Å². The molecule has 0 aromatic heterocycles. The van der Waals surface area contributed by atoms with Crippen molar-refractivity contribution in [3.63, 3.8) is 0 Å². The summed E-state index contributed by atoms with van der Waals surface area (Å²) in [6, 6.07) is 14.8. The third-order valence-corrected chi connectivity index (χ3v) is 17.1. The molecule has 2 bridgehead atoms. The van der Waals surface area contributed by atoms with Gasteiger partial charge in [0.05, 0.1) is 32.5 Å². The van der Waals surface area contributed by atoms with Crippen LogP contribution in [0, 0.1) is 11.8 Å². The molecule has 1 saturated heterocycles. The van der Waals surface area contributed by atoms with Crippen LogP contribution in [0.5, 0.6) is 17.2 Å². The van der Waals surface area contributed by atoms with Crippen LogP contribution in [0.3, 0.4) is 0 Å². The zero-order valence-electron chi connectivity index (χ0n) is 37.4. The number of Topliss-reactive ketones (excluding diaryl/α,β-unsaturated/α-hetero) is 2. The number of phenols is 2. The van der Waals surface area contributed by atoms with E-state index in [1.165, 1.54) is 14.0 Å². The minimum Gasteiger partial charge on any atom is -0.508 e. The third-order valence-electron chi connectivity index (χ3n) is 14.2. The number of phenolic OH excluding ortho intramolecular Hbond substituents is 2. The van der Waals surface area contributed by atoms with E-state index >= 15 is 0 Å². The van der Waals surface area contributed by atoms with Crippen LogP contribution in [0.2, 0.25) is 0 Å². The number of benzene rings is 4. The van der Waals surface area contributed by atoms with E-state index in [-0.39, 0.29) is 91.3 Å². The number of rotatable bonds is 11. The van der Waals surface area contributed by atoms with Crippen molar-refractivity contribution in [3.8, 4) is 28.4 Å². The van der Waals surface area contributed by atoms with Crippen LogP contribution in [0.15, 0.2) is 48.5 Å².